The SMILES string of the molecule is COc1ccccc1/C=C/C(=O)NC(C)C(C)CO. The average Bonchev–Trinajstić information content (AvgIpc) is 2.44. The summed E-state index contributed by atoms with van der Waals surface area (Å²) < 4.78 is 5.20. The Bertz CT molecular complexity index is 443. The predicted octanol–water partition coefficient (Wildman–Crippen LogP) is 1.84. The normalized spacial score (nSPS) is 14.1. The van der Waals surface area contributed by atoms with Gasteiger partial charge in [0.05, 0.1) is 7.11 Å². The van der Waals surface area contributed by atoms with Gasteiger partial charge < -0.3 is 15.2 Å². The summed E-state index contributed by atoms with van der Waals surface area (Å²) in [5.41, 5.74) is 0.850. The van der Waals surface area contributed by atoms with Gasteiger partial charge in [-0.2, -0.15) is 0 Å². The number of benzene rings is 1. The zero-order chi connectivity index (χ0) is 14.3. The van der Waals surface area contributed by atoms with E-state index in [-0.39, 0.29) is 24.5 Å². The molecule has 2 unspecified atom stereocenters. The topological polar surface area (TPSA) is 58.6 Å². The van der Waals surface area contributed by atoms with E-state index in [0.29, 0.717) is 0 Å². The first-order valence-corrected chi connectivity index (χ1v) is 6.31. The van der Waals surface area contributed by atoms with Gasteiger partial charge in [-0.1, -0.05) is 25.1 Å². The maximum Gasteiger partial charge on any atom is 0.244 e. The Balaban J connectivity index is 2.63. The van der Waals surface area contributed by atoms with Crippen LogP contribution in [0.2, 0.25) is 0 Å². The smallest absolute Gasteiger partial charge is 0.244 e. The Morgan fingerprint density at radius 1 is 1.42 bits per heavy atom. The van der Waals surface area contributed by atoms with Gasteiger partial charge in [0.2, 0.25) is 5.91 Å². The number of aliphatic hydroxyl groups is 1. The number of para-hydroxylation sites is 1. The van der Waals surface area contributed by atoms with Gasteiger partial charge in [-0.3, -0.25) is 4.79 Å². The van der Waals surface area contributed by atoms with Gasteiger partial charge >= 0.3 is 0 Å². The van der Waals surface area contributed by atoms with Crippen LogP contribution < -0.4 is 10.1 Å². The summed E-state index contributed by atoms with van der Waals surface area (Å²) in [6.07, 6.45) is 3.18. The van der Waals surface area contributed by atoms with Crippen LogP contribution in [-0.4, -0.2) is 30.8 Å². The lowest BCUT2D eigenvalue weighted by Crippen LogP contribution is -2.37. The highest BCUT2D eigenvalue weighted by atomic mass is 16.5. The summed E-state index contributed by atoms with van der Waals surface area (Å²) in [6, 6.07) is 7.41. The van der Waals surface area contributed by atoms with Gasteiger partial charge in [0.15, 0.2) is 0 Å². The van der Waals surface area contributed by atoms with E-state index in [9.17, 15) is 4.79 Å². The van der Waals surface area contributed by atoms with Crippen LogP contribution in [0.3, 0.4) is 0 Å². The second-order valence-electron chi connectivity index (χ2n) is 4.53. The van der Waals surface area contributed by atoms with Crippen LogP contribution in [0.25, 0.3) is 6.08 Å². The maximum absolute atomic E-state index is 11.7. The highest BCUT2D eigenvalue weighted by molar-refractivity contribution is 5.92. The summed E-state index contributed by atoms with van der Waals surface area (Å²) in [5.74, 6) is 0.575. The second kappa shape index (κ2) is 7.59. The molecule has 19 heavy (non-hydrogen) atoms. The fourth-order valence-electron chi connectivity index (χ4n) is 1.54. The van der Waals surface area contributed by atoms with Crippen LogP contribution in [0.15, 0.2) is 30.3 Å². The molecule has 0 spiro atoms. The van der Waals surface area contributed by atoms with E-state index in [0.717, 1.165) is 11.3 Å². The van der Waals surface area contributed by atoms with E-state index < -0.39 is 0 Å². The molecule has 0 bridgehead atoms. The molecule has 0 radical (unpaired) electrons. The van der Waals surface area contributed by atoms with Crippen molar-refractivity contribution in [2.75, 3.05) is 13.7 Å². The van der Waals surface area contributed by atoms with Crippen LogP contribution in [0.1, 0.15) is 19.4 Å². The largest absolute Gasteiger partial charge is 0.496 e. The van der Waals surface area contributed by atoms with Gasteiger partial charge in [0, 0.05) is 24.3 Å². The van der Waals surface area contributed by atoms with E-state index >= 15 is 0 Å². The van der Waals surface area contributed by atoms with E-state index in [2.05, 4.69) is 5.32 Å². The molecule has 1 aromatic rings. The van der Waals surface area contributed by atoms with Crippen molar-refractivity contribution in [1.82, 2.24) is 5.32 Å². The second-order valence-corrected chi connectivity index (χ2v) is 4.53. The molecule has 0 aliphatic carbocycles. The minimum Gasteiger partial charge on any atom is -0.496 e. The molecular formula is C15H21NO3. The van der Waals surface area contributed by atoms with Crippen molar-refractivity contribution in [2.45, 2.75) is 19.9 Å². The predicted molar refractivity (Wildman–Crippen MR) is 75.9 cm³/mol. The minimum absolute atomic E-state index is 0.0311. The Labute approximate surface area is 114 Å². The summed E-state index contributed by atoms with van der Waals surface area (Å²) >= 11 is 0. The van der Waals surface area contributed by atoms with Crippen LogP contribution >= 0.6 is 0 Å². The van der Waals surface area contributed by atoms with Crippen LogP contribution in [0, 0.1) is 5.92 Å². The molecular weight excluding hydrogens is 242 g/mol. The molecule has 0 aliphatic heterocycles. The molecule has 4 nitrogen and oxygen atoms in total. The zero-order valence-corrected chi connectivity index (χ0v) is 11.6. The van der Waals surface area contributed by atoms with Crippen molar-refractivity contribution in [3.8, 4) is 5.75 Å². The molecule has 0 saturated heterocycles. The molecule has 0 aromatic heterocycles. The Morgan fingerprint density at radius 2 is 2.11 bits per heavy atom. The number of rotatable bonds is 6. The third-order valence-corrected chi connectivity index (χ3v) is 3.06. The molecule has 1 amide bonds. The van der Waals surface area contributed by atoms with Crippen molar-refractivity contribution in [2.24, 2.45) is 5.92 Å². The van der Waals surface area contributed by atoms with Crippen LogP contribution in [0.4, 0.5) is 0 Å². The first-order valence-electron chi connectivity index (χ1n) is 6.31. The van der Waals surface area contributed by atoms with Gasteiger partial charge in [-0.15, -0.1) is 0 Å². The van der Waals surface area contributed by atoms with Crippen LogP contribution in [0.5, 0.6) is 5.75 Å². The van der Waals surface area contributed by atoms with E-state index in [4.69, 9.17) is 9.84 Å². The molecule has 0 aliphatic rings. The van der Waals surface area contributed by atoms with Crippen molar-refractivity contribution in [1.29, 1.82) is 0 Å². The highest BCUT2D eigenvalue weighted by Gasteiger charge is 2.12. The third kappa shape index (κ3) is 4.75. The number of carbonyl (C=O) groups excluding carboxylic acids is 1. The van der Waals surface area contributed by atoms with Gasteiger partial charge in [0.25, 0.3) is 0 Å². The lowest BCUT2D eigenvalue weighted by atomic mass is 10.1. The lowest BCUT2D eigenvalue weighted by molar-refractivity contribution is -0.117. The summed E-state index contributed by atoms with van der Waals surface area (Å²) in [5, 5.41) is 11.8. The quantitative estimate of drug-likeness (QED) is 0.770. The number of methoxy groups -OCH3 is 1. The Kier molecular flexibility index (Phi) is 6.09. The van der Waals surface area contributed by atoms with E-state index in [1.54, 1.807) is 13.2 Å². The highest BCUT2D eigenvalue weighted by Crippen LogP contribution is 2.18. The number of hydrogen-bond donors (Lipinski definition) is 2. The monoisotopic (exact) mass is 263 g/mol. The number of carbonyl (C=O) groups is 1. The lowest BCUT2D eigenvalue weighted by Gasteiger charge is -2.18. The molecule has 0 saturated carbocycles. The number of ether oxygens (including phenoxy) is 1. The van der Waals surface area contributed by atoms with Crippen molar-refractivity contribution in [3.63, 3.8) is 0 Å². The van der Waals surface area contributed by atoms with E-state index in [1.165, 1.54) is 6.08 Å². The summed E-state index contributed by atoms with van der Waals surface area (Å²) in [4.78, 5) is 11.7. The fraction of sp³-hybridized carbons (Fsp3) is 0.400. The first kappa shape index (κ1) is 15.2. The first-order chi connectivity index (χ1) is 9.08. The van der Waals surface area contributed by atoms with Crippen LogP contribution in [-0.2, 0) is 4.79 Å². The standard InChI is InChI=1S/C15H21NO3/c1-11(10-17)12(2)16-15(18)9-8-13-6-4-5-7-14(13)19-3/h4-9,11-12,17H,10H2,1-3H3,(H,16,18)/b9-8+. The minimum atomic E-state index is -0.182. The van der Waals surface area contributed by atoms with Crippen molar-refractivity contribution < 1.29 is 14.6 Å². The Hall–Kier alpha value is -1.81. The number of hydrogen-bond acceptors (Lipinski definition) is 3. The molecule has 1 rings (SSSR count). The molecule has 104 valence electrons. The van der Waals surface area contributed by atoms with Crippen molar-refractivity contribution in [3.05, 3.63) is 35.9 Å². The molecule has 2 atom stereocenters. The Morgan fingerprint density at radius 3 is 2.74 bits per heavy atom. The average molecular weight is 263 g/mol. The third-order valence-electron chi connectivity index (χ3n) is 3.06. The summed E-state index contributed by atoms with van der Waals surface area (Å²) in [7, 11) is 1.59. The number of nitrogens with one attached hydrogen (secondary N) is 1. The number of amides is 1. The van der Waals surface area contributed by atoms with Gasteiger partial charge in [-0.05, 0) is 25.0 Å². The molecule has 4 heteroatoms. The molecule has 0 heterocycles. The summed E-state index contributed by atoms with van der Waals surface area (Å²) in [6.45, 7) is 3.81. The number of aliphatic hydroxyl groups excluding tert-OH is 1. The van der Waals surface area contributed by atoms with E-state index in [1.807, 2.05) is 38.1 Å². The molecule has 0 fully saturated rings. The van der Waals surface area contributed by atoms with Crippen molar-refractivity contribution >= 4 is 12.0 Å². The molecule has 2 N–H and O–H groups in total. The fourth-order valence-corrected chi connectivity index (χ4v) is 1.54. The van der Waals surface area contributed by atoms with Gasteiger partial charge in [-0.25, -0.2) is 0 Å². The molecule has 1 aromatic carbocycles. The maximum atomic E-state index is 11.7. The van der Waals surface area contributed by atoms with Gasteiger partial charge in [0.1, 0.15) is 5.75 Å². The zero-order valence-electron chi connectivity index (χ0n) is 11.6.